The summed E-state index contributed by atoms with van der Waals surface area (Å²) < 4.78 is 9.73. The first-order valence-corrected chi connectivity index (χ1v) is 6.02. The average molecular weight is 302 g/mol. The normalized spacial score (nSPS) is 33.4. The Kier molecular flexibility index (Phi) is 4.65. The molecule has 0 aromatic carbocycles. The van der Waals surface area contributed by atoms with E-state index in [1.54, 1.807) is 0 Å². The summed E-state index contributed by atoms with van der Waals surface area (Å²) in [5, 5.41) is 48.5. The Balaban J connectivity index is 2.10. The fraction of sp³-hybridized carbons (Fsp3) is 0.545. The Labute approximate surface area is 118 Å². The number of rotatable bonds is 4. The third-order valence-corrected chi connectivity index (χ3v) is 3.03. The molecule has 1 saturated heterocycles. The van der Waals surface area contributed by atoms with Crippen LogP contribution in [0.4, 0.5) is 5.88 Å². The van der Waals surface area contributed by atoms with Gasteiger partial charge in [-0.15, -0.1) is 0 Å². The van der Waals surface area contributed by atoms with E-state index in [1.165, 1.54) is 6.07 Å². The van der Waals surface area contributed by atoms with Crippen molar-refractivity contribution < 1.29 is 34.5 Å². The van der Waals surface area contributed by atoms with Crippen LogP contribution in [0.25, 0.3) is 0 Å². The maximum Gasteiger partial charge on any atom is 0.433 e. The van der Waals surface area contributed by atoms with E-state index in [0.29, 0.717) is 0 Å². The van der Waals surface area contributed by atoms with Crippen LogP contribution in [0.3, 0.4) is 0 Å². The van der Waals surface area contributed by atoms with E-state index in [4.69, 9.17) is 14.3 Å². The van der Waals surface area contributed by atoms with Crippen LogP contribution < -0.4 is 0 Å². The first-order chi connectivity index (χ1) is 9.93. The van der Waals surface area contributed by atoms with E-state index in [2.05, 4.69) is 4.99 Å². The lowest BCUT2D eigenvalue weighted by Crippen LogP contribution is -2.57. The molecule has 116 valence electrons. The van der Waals surface area contributed by atoms with Gasteiger partial charge in [-0.3, -0.25) is 15.1 Å². The molecule has 0 aliphatic carbocycles. The zero-order valence-corrected chi connectivity index (χ0v) is 10.6. The molecule has 1 fully saturated rings. The topological polar surface area (TPSA) is 159 Å². The van der Waals surface area contributed by atoms with Crippen LogP contribution in [0.15, 0.2) is 21.5 Å². The van der Waals surface area contributed by atoms with Gasteiger partial charge in [0.25, 0.3) is 0 Å². The Hall–Kier alpha value is -1.85. The van der Waals surface area contributed by atoms with Crippen LogP contribution in [-0.4, -0.2) is 68.8 Å². The van der Waals surface area contributed by atoms with Gasteiger partial charge in [-0.25, -0.2) is 0 Å². The van der Waals surface area contributed by atoms with Crippen molar-refractivity contribution in [1.29, 1.82) is 0 Å². The van der Waals surface area contributed by atoms with Crippen LogP contribution >= 0.6 is 0 Å². The highest BCUT2D eigenvalue weighted by molar-refractivity contribution is 5.76. The van der Waals surface area contributed by atoms with Gasteiger partial charge < -0.3 is 29.6 Å². The summed E-state index contributed by atoms with van der Waals surface area (Å²) in [5.74, 6) is -0.433. The number of nitro groups is 1. The Morgan fingerprint density at radius 3 is 2.62 bits per heavy atom. The van der Waals surface area contributed by atoms with Gasteiger partial charge in [0, 0.05) is 0 Å². The summed E-state index contributed by atoms with van der Waals surface area (Å²) in [7, 11) is 0. The molecule has 0 bridgehead atoms. The maximum atomic E-state index is 10.4. The summed E-state index contributed by atoms with van der Waals surface area (Å²) in [6, 6.07) is 1.20. The van der Waals surface area contributed by atoms with Gasteiger partial charge in [0.15, 0.2) is 12.1 Å². The minimum atomic E-state index is -1.54. The standard InChI is InChI=1S/C11H14N2O8/c14-4-6-9(15)10(16)8(11(17)21-6)12-3-5-1-2-7(20-5)13(18)19/h1-3,6,8-11,14-17H,4H2/t6-,8-,9?,10-,11?/m1/s1. The second kappa shape index (κ2) is 6.28. The molecule has 1 aliphatic heterocycles. The summed E-state index contributed by atoms with van der Waals surface area (Å²) in [5.41, 5.74) is 0. The van der Waals surface area contributed by atoms with Crippen molar-refractivity contribution in [2.24, 2.45) is 4.99 Å². The molecular weight excluding hydrogens is 288 g/mol. The highest BCUT2D eigenvalue weighted by Crippen LogP contribution is 2.22. The molecule has 21 heavy (non-hydrogen) atoms. The van der Waals surface area contributed by atoms with Gasteiger partial charge in [0.2, 0.25) is 0 Å². The molecule has 1 aromatic heterocycles. The predicted octanol–water partition coefficient (Wildman–Crippen LogP) is -1.59. The number of nitrogens with zero attached hydrogens (tertiary/aromatic N) is 2. The van der Waals surface area contributed by atoms with E-state index >= 15 is 0 Å². The number of furan rings is 1. The molecular formula is C11H14N2O8. The third-order valence-electron chi connectivity index (χ3n) is 3.03. The van der Waals surface area contributed by atoms with Gasteiger partial charge in [-0.2, -0.15) is 0 Å². The largest absolute Gasteiger partial charge is 0.433 e. The fourth-order valence-corrected chi connectivity index (χ4v) is 1.91. The molecule has 1 aromatic rings. The van der Waals surface area contributed by atoms with Crippen molar-refractivity contribution in [3.8, 4) is 0 Å². The predicted molar refractivity (Wildman–Crippen MR) is 66.7 cm³/mol. The second-order valence-electron chi connectivity index (χ2n) is 4.43. The van der Waals surface area contributed by atoms with Crippen molar-refractivity contribution in [1.82, 2.24) is 0 Å². The summed E-state index contributed by atoms with van der Waals surface area (Å²) in [6.07, 6.45) is -4.48. The van der Waals surface area contributed by atoms with E-state index in [1.807, 2.05) is 0 Å². The highest BCUT2D eigenvalue weighted by Gasteiger charge is 2.43. The number of aliphatic hydroxyl groups excluding tert-OH is 4. The van der Waals surface area contributed by atoms with Gasteiger partial charge in [-0.05, 0) is 6.07 Å². The van der Waals surface area contributed by atoms with Gasteiger partial charge >= 0.3 is 5.88 Å². The number of ether oxygens (including phenoxy) is 1. The van der Waals surface area contributed by atoms with Crippen molar-refractivity contribution in [2.45, 2.75) is 30.6 Å². The van der Waals surface area contributed by atoms with Crippen molar-refractivity contribution in [3.63, 3.8) is 0 Å². The van der Waals surface area contributed by atoms with E-state index in [0.717, 1.165) is 12.3 Å². The lowest BCUT2D eigenvalue weighted by Gasteiger charge is -2.38. The van der Waals surface area contributed by atoms with Crippen molar-refractivity contribution >= 4 is 12.1 Å². The average Bonchev–Trinajstić information content (AvgIpc) is 2.91. The Morgan fingerprint density at radius 2 is 2.05 bits per heavy atom. The van der Waals surface area contributed by atoms with E-state index in [-0.39, 0.29) is 5.76 Å². The smallest absolute Gasteiger partial charge is 0.400 e. The quantitative estimate of drug-likeness (QED) is 0.294. The zero-order chi connectivity index (χ0) is 15.6. The van der Waals surface area contributed by atoms with E-state index < -0.39 is 48.1 Å². The van der Waals surface area contributed by atoms with Crippen molar-refractivity contribution in [3.05, 3.63) is 28.0 Å². The maximum absolute atomic E-state index is 10.4. The Bertz CT molecular complexity index is 530. The molecule has 2 unspecified atom stereocenters. The number of aliphatic hydroxyl groups is 4. The van der Waals surface area contributed by atoms with Crippen LogP contribution in [0.5, 0.6) is 0 Å². The molecule has 1 aliphatic rings. The van der Waals surface area contributed by atoms with Crippen LogP contribution in [0.1, 0.15) is 5.76 Å². The molecule has 0 saturated carbocycles. The summed E-state index contributed by atoms with van der Waals surface area (Å²) in [6.45, 7) is -0.573. The summed E-state index contributed by atoms with van der Waals surface area (Å²) in [4.78, 5) is 13.5. The lowest BCUT2D eigenvalue weighted by molar-refractivity contribution is -0.402. The minimum Gasteiger partial charge on any atom is -0.400 e. The number of hydrogen-bond acceptors (Lipinski definition) is 9. The molecule has 2 rings (SSSR count). The van der Waals surface area contributed by atoms with Crippen molar-refractivity contribution in [2.75, 3.05) is 6.61 Å². The molecule has 4 N–H and O–H groups in total. The third kappa shape index (κ3) is 3.25. The van der Waals surface area contributed by atoms with Crippen LogP contribution in [0, 0.1) is 10.1 Å². The van der Waals surface area contributed by atoms with Crippen LogP contribution in [0.2, 0.25) is 0 Å². The first-order valence-electron chi connectivity index (χ1n) is 6.02. The SMILES string of the molecule is O=[N+]([O-])c1ccc(C=N[C@H]2C(O)O[C@H](CO)C(O)[C@@H]2O)o1. The zero-order valence-electron chi connectivity index (χ0n) is 10.6. The molecule has 0 radical (unpaired) electrons. The number of aliphatic imine (C=N–C) groups is 1. The Morgan fingerprint density at radius 1 is 1.33 bits per heavy atom. The molecule has 0 amide bonds. The fourth-order valence-electron chi connectivity index (χ4n) is 1.91. The second-order valence-corrected chi connectivity index (χ2v) is 4.43. The molecule has 0 spiro atoms. The van der Waals surface area contributed by atoms with Crippen LogP contribution in [-0.2, 0) is 4.74 Å². The summed E-state index contributed by atoms with van der Waals surface area (Å²) >= 11 is 0. The molecule has 10 nitrogen and oxygen atoms in total. The molecule has 10 heteroatoms. The van der Waals surface area contributed by atoms with Gasteiger partial charge in [0.1, 0.15) is 29.3 Å². The lowest BCUT2D eigenvalue weighted by atomic mass is 9.97. The molecule has 2 heterocycles. The first kappa shape index (κ1) is 15.5. The number of hydrogen-bond donors (Lipinski definition) is 4. The van der Waals surface area contributed by atoms with Gasteiger partial charge in [0.05, 0.1) is 18.9 Å². The minimum absolute atomic E-state index is 0.0415. The highest BCUT2D eigenvalue weighted by atomic mass is 16.6. The monoisotopic (exact) mass is 302 g/mol. The van der Waals surface area contributed by atoms with Gasteiger partial charge in [-0.1, -0.05) is 0 Å². The molecule has 5 atom stereocenters. The van der Waals surface area contributed by atoms with E-state index in [9.17, 15) is 25.4 Å².